The molecular weight excluding hydrogens is 413 g/mol. The molecule has 1 rings (SSSR count). The zero-order chi connectivity index (χ0) is 15.9. The van der Waals surface area contributed by atoms with E-state index in [1.165, 1.54) is 0 Å². The highest BCUT2D eigenvalue weighted by Gasteiger charge is 2.31. The Morgan fingerprint density at radius 1 is 1.41 bits per heavy atom. The third kappa shape index (κ3) is 7.70. The first-order valence-corrected chi connectivity index (χ1v) is 8.81. The number of ether oxygens (including phenoxy) is 1. The minimum atomic E-state index is -0.641. The van der Waals surface area contributed by atoms with Crippen LogP contribution >= 0.6 is 35.7 Å². The van der Waals surface area contributed by atoms with Crippen molar-refractivity contribution in [3.63, 3.8) is 0 Å². The zero-order valence-electron chi connectivity index (χ0n) is 14.4. The molecule has 0 spiro atoms. The van der Waals surface area contributed by atoms with E-state index in [4.69, 9.17) is 4.74 Å². The van der Waals surface area contributed by atoms with E-state index >= 15 is 0 Å². The summed E-state index contributed by atoms with van der Waals surface area (Å²) in [6, 6.07) is 0. The van der Waals surface area contributed by atoms with Gasteiger partial charge >= 0.3 is 0 Å². The fourth-order valence-corrected chi connectivity index (χ4v) is 3.51. The smallest absolute Gasteiger partial charge is 0.191 e. The molecule has 1 aliphatic heterocycles. The Balaban J connectivity index is 0.00000441. The van der Waals surface area contributed by atoms with Gasteiger partial charge in [0, 0.05) is 26.0 Å². The van der Waals surface area contributed by atoms with Crippen LogP contribution < -0.4 is 10.6 Å². The Hall–Kier alpha value is 0.270. The van der Waals surface area contributed by atoms with Gasteiger partial charge in [-0.25, -0.2) is 0 Å². The Kier molecular flexibility index (Phi) is 10.3. The van der Waals surface area contributed by atoms with Crippen LogP contribution in [0.25, 0.3) is 0 Å². The van der Waals surface area contributed by atoms with E-state index in [0.717, 1.165) is 30.4 Å². The fraction of sp³-hybridized carbons (Fsp3) is 0.933. The van der Waals surface area contributed by atoms with Crippen LogP contribution in [0.15, 0.2) is 4.99 Å². The molecule has 5 nitrogen and oxygen atoms in total. The monoisotopic (exact) mass is 445 g/mol. The topological polar surface area (TPSA) is 65.9 Å². The quantitative estimate of drug-likeness (QED) is 0.332. The number of methoxy groups -OCH3 is 1. The Morgan fingerprint density at radius 3 is 2.55 bits per heavy atom. The number of guanidine groups is 1. The van der Waals surface area contributed by atoms with Gasteiger partial charge in [-0.2, -0.15) is 11.8 Å². The second-order valence-electron chi connectivity index (χ2n) is 6.69. The minimum Gasteiger partial charge on any atom is -0.387 e. The highest BCUT2D eigenvalue weighted by molar-refractivity contribution is 14.0. The lowest BCUT2D eigenvalue weighted by Gasteiger charge is -2.30. The van der Waals surface area contributed by atoms with Gasteiger partial charge in [-0.3, -0.25) is 4.99 Å². The lowest BCUT2D eigenvalue weighted by molar-refractivity contribution is 0.0204. The van der Waals surface area contributed by atoms with Gasteiger partial charge in [0.25, 0.3) is 0 Å². The van der Waals surface area contributed by atoms with Gasteiger partial charge < -0.3 is 20.5 Å². The summed E-state index contributed by atoms with van der Waals surface area (Å²) in [6.07, 6.45) is 0.926. The molecule has 0 aromatic rings. The van der Waals surface area contributed by atoms with E-state index in [1.807, 2.05) is 6.92 Å². The average molecular weight is 445 g/mol. The van der Waals surface area contributed by atoms with Gasteiger partial charge in [0.2, 0.25) is 0 Å². The van der Waals surface area contributed by atoms with Crippen LogP contribution in [0.2, 0.25) is 0 Å². The molecule has 0 saturated carbocycles. The molecular formula is C15H32IN3O2S. The zero-order valence-corrected chi connectivity index (χ0v) is 17.6. The first-order valence-electron chi connectivity index (χ1n) is 7.66. The van der Waals surface area contributed by atoms with E-state index in [9.17, 15) is 5.11 Å². The van der Waals surface area contributed by atoms with Gasteiger partial charge in [0.05, 0.1) is 18.2 Å². The predicted molar refractivity (Wildman–Crippen MR) is 107 cm³/mol. The van der Waals surface area contributed by atoms with Crippen molar-refractivity contribution in [1.29, 1.82) is 0 Å². The molecule has 1 aliphatic rings. The Bertz CT molecular complexity index is 342. The number of rotatable bonds is 6. The second kappa shape index (κ2) is 10.2. The molecule has 0 aliphatic carbocycles. The van der Waals surface area contributed by atoms with Crippen molar-refractivity contribution in [3.8, 4) is 0 Å². The van der Waals surface area contributed by atoms with Crippen molar-refractivity contribution in [2.24, 2.45) is 10.4 Å². The summed E-state index contributed by atoms with van der Waals surface area (Å²) < 4.78 is 5.54. The number of halogens is 1. The summed E-state index contributed by atoms with van der Waals surface area (Å²) in [5.74, 6) is 2.54. The predicted octanol–water partition coefficient (Wildman–Crippen LogP) is 2.09. The van der Waals surface area contributed by atoms with Crippen molar-refractivity contribution in [3.05, 3.63) is 0 Å². The first-order chi connectivity index (χ1) is 9.80. The van der Waals surface area contributed by atoms with Crippen molar-refractivity contribution < 1.29 is 9.84 Å². The lowest BCUT2D eigenvalue weighted by atomic mass is 9.89. The van der Waals surface area contributed by atoms with Gasteiger partial charge in [0.1, 0.15) is 0 Å². The molecule has 0 amide bonds. The van der Waals surface area contributed by atoms with E-state index in [1.54, 1.807) is 18.9 Å². The van der Waals surface area contributed by atoms with Crippen LogP contribution in [0.4, 0.5) is 0 Å². The first kappa shape index (κ1) is 22.3. The molecule has 7 heteroatoms. The molecule has 0 aromatic carbocycles. The van der Waals surface area contributed by atoms with Crippen LogP contribution in [0.1, 0.15) is 34.1 Å². The molecule has 2 unspecified atom stereocenters. The van der Waals surface area contributed by atoms with Crippen molar-refractivity contribution in [2.45, 2.75) is 45.8 Å². The summed E-state index contributed by atoms with van der Waals surface area (Å²) in [7, 11) is 1.74. The van der Waals surface area contributed by atoms with E-state index in [-0.39, 0.29) is 35.5 Å². The Labute approximate surface area is 156 Å². The summed E-state index contributed by atoms with van der Waals surface area (Å²) in [4.78, 5) is 4.53. The maximum atomic E-state index is 10.4. The SMILES string of the molecule is CCNC(=NCC1(O)CCSC1)NCC(OC)C(C)(C)C.I. The van der Waals surface area contributed by atoms with Crippen LogP contribution in [0.3, 0.4) is 0 Å². The van der Waals surface area contributed by atoms with Crippen LogP contribution in [0, 0.1) is 5.41 Å². The summed E-state index contributed by atoms with van der Waals surface area (Å²) in [6.45, 7) is 10.4. The average Bonchev–Trinajstić information content (AvgIpc) is 2.82. The van der Waals surface area contributed by atoms with Crippen molar-refractivity contribution in [2.75, 3.05) is 38.2 Å². The third-order valence-electron chi connectivity index (χ3n) is 3.66. The van der Waals surface area contributed by atoms with Crippen molar-refractivity contribution >= 4 is 41.7 Å². The number of thioether (sulfide) groups is 1. The molecule has 22 heavy (non-hydrogen) atoms. The maximum Gasteiger partial charge on any atom is 0.191 e. The molecule has 1 saturated heterocycles. The molecule has 0 aromatic heterocycles. The largest absolute Gasteiger partial charge is 0.387 e. The standard InChI is InChI=1S/C15H31N3O2S.HI/c1-6-16-13(17-9-12(20-5)14(2,3)4)18-10-15(19)7-8-21-11-15;/h12,19H,6-11H2,1-5H3,(H2,16,17,18);1H. The fourth-order valence-electron chi connectivity index (χ4n) is 2.22. The molecule has 0 bridgehead atoms. The van der Waals surface area contributed by atoms with Crippen LogP contribution in [-0.4, -0.2) is 61.0 Å². The number of nitrogens with zero attached hydrogens (tertiary/aromatic N) is 1. The van der Waals surface area contributed by atoms with Crippen LogP contribution in [-0.2, 0) is 4.74 Å². The number of aliphatic hydroxyl groups is 1. The van der Waals surface area contributed by atoms with E-state index in [0.29, 0.717) is 13.1 Å². The van der Waals surface area contributed by atoms with Gasteiger partial charge in [-0.05, 0) is 24.5 Å². The normalized spacial score (nSPS) is 23.8. The van der Waals surface area contributed by atoms with Crippen molar-refractivity contribution in [1.82, 2.24) is 10.6 Å². The second-order valence-corrected chi connectivity index (χ2v) is 7.80. The molecule has 1 fully saturated rings. The summed E-state index contributed by atoms with van der Waals surface area (Å²) in [5, 5.41) is 16.9. The van der Waals surface area contributed by atoms with Gasteiger partial charge in [-0.15, -0.1) is 24.0 Å². The molecule has 2 atom stereocenters. The highest BCUT2D eigenvalue weighted by atomic mass is 127. The van der Waals surface area contributed by atoms with Crippen LogP contribution in [0.5, 0.6) is 0 Å². The molecule has 1 heterocycles. The third-order valence-corrected chi connectivity index (χ3v) is 4.90. The summed E-state index contributed by atoms with van der Waals surface area (Å²) >= 11 is 1.79. The number of hydrogen-bond donors (Lipinski definition) is 3. The van der Waals surface area contributed by atoms with Gasteiger partial charge in [-0.1, -0.05) is 20.8 Å². The highest BCUT2D eigenvalue weighted by Crippen LogP contribution is 2.27. The summed E-state index contributed by atoms with van der Waals surface area (Å²) in [5.41, 5.74) is -0.572. The maximum absolute atomic E-state index is 10.4. The van der Waals surface area contributed by atoms with E-state index < -0.39 is 5.60 Å². The minimum absolute atomic E-state index is 0. The van der Waals surface area contributed by atoms with Gasteiger partial charge in [0.15, 0.2) is 5.96 Å². The lowest BCUT2D eigenvalue weighted by Crippen LogP contribution is -2.46. The Morgan fingerprint density at radius 2 is 2.09 bits per heavy atom. The number of nitrogens with one attached hydrogen (secondary N) is 2. The molecule has 132 valence electrons. The van der Waals surface area contributed by atoms with E-state index in [2.05, 4.69) is 36.4 Å². The number of aliphatic imine (C=N–C) groups is 1. The number of hydrogen-bond acceptors (Lipinski definition) is 4. The molecule has 0 radical (unpaired) electrons. The molecule has 3 N–H and O–H groups in total.